The molecular weight excluding hydrogens is 269 g/mol. The van der Waals surface area contributed by atoms with Gasteiger partial charge in [-0.3, -0.25) is 0 Å². The number of nitrogens with two attached hydrogens (primary N) is 1. The molecule has 4 nitrogen and oxygen atoms in total. The summed E-state index contributed by atoms with van der Waals surface area (Å²) in [5.41, 5.74) is 5.36. The summed E-state index contributed by atoms with van der Waals surface area (Å²) >= 11 is 5.76. The molecule has 1 aromatic carbocycles. The van der Waals surface area contributed by atoms with Crippen LogP contribution in [0.15, 0.2) is 17.0 Å². The van der Waals surface area contributed by atoms with Crippen molar-refractivity contribution in [2.75, 3.05) is 5.73 Å². The molecule has 0 aliphatic heterocycles. The molecule has 1 aliphatic rings. The van der Waals surface area contributed by atoms with E-state index in [1.807, 2.05) is 0 Å². The molecular formula is C10H11ClFNO3S. The van der Waals surface area contributed by atoms with Gasteiger partial charge in [0, 0.05) is 0 Å². The number of phenolic OH excluding ortho intramolecular Hbond substituents is 1. The predicted molar refractivity (Wildman–Crippen MR) is 62.6 cm³/mol. The highest BCUT2D eigenvalue weighted by atomic mass is 35.5. The van der Waals surface area contributed by atoms with Crippen LogP contribution in [0.4, 0.5) is 10.1 Å². The van der Waals surface area contributed by atoms with Crippen LogP contribution in [0, 0.1) is 0 Å². The Bertz CT molecular complexity index is 555. The molecule has 2 rings (SSSR count). The molecule has 0 saturated heterocycles. The summed E-state index contributed by atoms with van der Waals surface area (Å²) in [4.78, 5) is -0.393. The van der Waals surface area contributed by atoms with Gasteiger partial charge in [-0.25, -0.2) is 12.8 Å². The van der Waals surface area contributed by atoms with Gasteiger partial charge in [-0.15, -0.1) is 0 Å². The van der Waals surface area contributed by atoms with Crippen molar-refractivity contribution in [1.29, 1.82) is 0 Å². The van der Waals surface area contributed by atoms with Gasteiger partial charge in [-0.1, -0.05) is 11.6 Å². The zero-order valence-electron chi connectivity index (χ0n) is 8.73. The third kappa shape index (κ3) is 1.95. The number of aromatic hydroxyl groups is 1. The second-order valence-electron chi connectivity index (χ2n) is 4.05. The Morgan fingerprint density at radius 2 is 2.00 bits per heavy atom. The Balaban J connectivity index is 2.50. The van der Waals surface area contributed by atoms with Crippen molar-refractivity contribution >= 4 is 27.1 Å². The molecule has 3 N–H and O–H groups in total. The van der Waals surface area contributed by atoms with Gasteiger partial charge in [0.05, 0.1) is 16.0 Å². The molecule has 1 aromatic rings. The Kier molecular flexibility index (Phi) is 2.95. The lowest BCUT2D eigenvalue weighted by Gasteiger charge is -2.29. The number of halogens is 2. The third-order valence-corrected chi connectivity index (χ3v) is 5.55. The van der Waals surface area contributed by atoms with Crippen molar-refractivity contribution in [1.82, 2.24) is 0 Å². The minimum atomic E-state index is -3.82. The van der Waals surface area contributed by atoms with E-state index in [9.17, 15) is 17.9 Å². The van der Waals surface area contributed by atoms with Crippen LogP contribution in [-0.2, 0) is 9.84 Å². The summed E-state index contributed by atoms with van der Waals surface area (Å²) < 4.78 is 36.9. The Morgan fingerprint density at radius 3 is 2.53 bits per heavy atom. The average Bonchev–Trinajstić information content (AvgIpc) is 2.19. The highest BCUT2D eigenvalue weighted by molar-refractivity contribution is 7.92. The normalized spacial score (nSPS) is 24.4. The van der Waals surface area contributed by atoms with E-state index in [0.29, 0.717) is 0 Å². The summed E-state index contributed by atoms with van der Waals surface area (Å²) in [6.07, 6.45) is -1.23. The molecule has 94 valence electrons. The summed E-state index contributed by atoms with van der Waals surface area (Å²) in [5, 5.41) is 8.74. The van der Waals surface area contributed by atoms with Crippen LogP contribution < -0.4 is 5.73 Å². The second-order valence-corrected chi connectivity index (χ2v) is 6.62. The van der Waals surface area contributed by atoms with Gasteiger partial charge >= 0.3 is 0 Å². The fourth-order valence-electron chi connectivity index (χ4n) is 1.75. The molecule has 0 heterocycles. The van der Waals surface area contributed by atoms with Crippen LogP contribution in [-0.4, -0.2) is 24.9 Å². The fraction of sp³-hybridized carbons (Fsp3) is 0.400. The molecule has 0 atom stereocenters. The topological polar surface area (TPSA) is 80.4 Å². The second kappa shape index (κ2) is 4.03. The quantitative estimate of drug-likeness (QED) is 0.640. The lowest BCUT2D eigenvalue weighted by atomic mass is 9.97. The molecule has 7 heteroatoms. The van der Waals surface area contributed by atoms with Crippen LogP contribution in [0.2, 0.25) is 5.02 Å². The largest absolute Gasteiger partial charge is 0.504 e. The molecule has 0 unspecified atom stereocenters. The number of benzene rings is 1. The molecule has 1 saturated carbocycles. The van der Waals surface area contributed by atoms with E-state index < -0.39 is 31.9 Å². The summed E-state index contributed by atoms with van der Waals surface area (Å²) in [6, 6.07) is 2.62. The monoisotopic (exact) mass is 279 g/mol. The van der Waals surface area contributed by atoms with Crippen LogP contribution >= 0.6 is 11.6 Å². The molecule has 17 heavy (non-hydrogen) atoms. The number of rotatable bonds is 2. The summed E-state index contributed by atoms with van der Waals surface area (Å²) in [6.45, 7) is 0. The lowest BCUT2D eigenvalue weighted by molar-refractivity contribution is 0.213. The molecule has 0 radical (unpaired) electrons. The summed E-state index contributed by atoms with van der Waals surface area (Å²) in [7, 11) is -3.82. The smallest absolute Gasteiger partial charge is 0.186 e. The number of hydrogen-bond donors (Lipinski definition) is 2. The van der Waals surface area contributed by atoms with Crippen molar-refractivity contribution in [3.05, 3.63) is 17.2 Å². The van der Waals surface area contributed by atoms with Gasteiger partial charge in [0.25, 0.3) is 0 Å². The zero-order valence-corrected chi connectivity index (χ0v) is 10.3. The van der Waals surface area contributed by atoms with E-state index in [0.717, 1.165) is 0 Å². The minimum absolute atomic E-state index is 0.0626. The van der Waals surface area contributed by atoms with Crippen LogP contribution in [0.5, 0.6) is 5.75 Å². The van der Waals surface area contributed by atoms with Crippen molar-refractivity contribution in [2.24, 2.45) is 0 Å². The first kappa shape index (κ1) is 12.4. The lowest BCUT2D eigenvalue weighted by Crippen LogP contribution is -2.37. The van der Waals surface area contributed by atoms with E-state index in [1.165, 1.54) is 12.1 Å². The number of anilines is 1. The number of hydrogen-bond acceptors (Lipinski definition) is 4. The van der Waals surface area contributed by atoms with Crippen LogP contribution in [0.25, 0.3) is 0 Å². The number of alkyl halides is 1. The Labute approximate surface area is 103 Å². The van der Waals surface area contributed by atoms with Crippen molar-refractivity contribution < 1.29 is 17.9 Å². The SMILES string of the molecule is Nc1ccc(Cl)c(S(=O)(=O)[C@H]2C[C@H](F)C2)c1O. The molecule has 0 spiro atoms. The standard InChI is InChI=1S/C10H11ClFNO3S/c11-7-1-2-8(13)9(14)10(7)17(15,16)6-3-5(12)4-6/h1-2,5-6,14H,3-4,13H2/t5-,6-. The zero-order chi connectivity index (χ0) is 12.8. The Hall–Kier alpha value is -1.01. The van der Waals surface area contributed by atoms with Gasteiger partial charge in [-0.2, -0.15) is 0 Å². The number of sulfone groups is 1. The van der Waals surface area contributed by atoms with Crippen molar-refractivity contribution in [2.45, 2.75) is 29.2 Å². The molecule has 0 bridgehead atoms. The minimum Gasteiger partial charge on any atom is -0.504 e. The van der Waals surface area contributed by atoms with Gasteiger partial charge in [0.2, 0.25) is 0 Å². The van der Waals surface area contributed by atoms with Gasteiger partial charge in [-0.05, 0) is 25.0 Å². The first-order chi connectivity index (χ1) is 7.84. The van der Waals surface area contributed by atoms with Crippen LogP contribution in [0.1, 0.15) is 12.8 Å². The van der Waals surface area contributed by atoms with E-state index in [-0.39, 0.29) is 23.6 Å². The fourth-order valence-corrected chi connectivity index (χ4v) is 4.21. The van der Waals surface area contributed by atoms with Crippen molar-refractivity contribution in [3.8, 4) is 5.75 Å². The van der Waals surface area contributed by atoms with E-state index in [1.54, 1.807) is 0 Å². The molecule has 0 aromatic heterocycles. The molecule has 0 amide bonds. The average molecular weight is 280 g/mol. The van der Waals surface area contributed by atoms with E-state index >= 15 is 0 Å². The first-order valence-electron chi connectivity index (χ1n) is 4.99. The third-order valence-electron chi connectivity index (χ3n) is 2.88. The van der Waals surface area contributed by atoms with Crippen molar-refractivity contribution in [3.63, 3.8) is 0 Å². The highest BCUT2D eigenvalue weighted by Crippen LogP contribution is 2.41. The summed E-state index contributed by atoms with van der Waals surface area (Å²) in [5.74, 6) is -0.556. The van der Waals surface area contributed by atoms with E-state index in [2.05, 4.69) is 0 Å². The molecule has 1 aliphatic carbocycles. The first-order valence-corrected chi connectivity index (χ1v) is 6.91. The van der Waals surface area contributed by atoms with Crippen LogP contribution in [0.3, 0.4) is 0 Å². The highest BCUT2D eigenvalue weighted by Gasteiger charge is 2.42. The van der Waals surface area contributed by atoms with Gasteiger partial charge in [0.1, 0.15) is 11.1 Å². The predicted octanol–water partition coefficient (Wildman–Crippen LogP) is 1.90. The Morgan fingerprint density at radius 1 is 1.41 bits per heavy atom. The maximum Gasteiger partial charge on any atom is 0.186 e. The maximum absolute atomic E-state index is 12.7. The van der Waals surface area contributed by atoms with E-state index in [4.69, 9.17) is 17.3 Å². The number of nitrogen functional groups attached to an aromatic ring is 1. The molecule has 1 fully saturated rings. The maximum atomic E-state index is 12.7. The van der Waals surface area contributed by atoms with Gasteiger partial charge < -0.3 is 10.8 Å². The van der Waals surface area contributed by atoms with Gasteiger partial charge in [0.15, 0.2) is 15.6 Å². The number of phenols is 1.